The molecule has 1 atom stereocenters. The average Bonchev–Trinajstić information content (AvgIpc) is 2.48. The Hall–Kier alpha value is -0.570. The van der Waals surface area contributed by atoms with E-state index in [4.69, 9.17) is 5.73 Å². The fraction of sp³-hybridized carbons (Fsp3) is 0.909. The molecular weight excluding hydrogens is 176 g/mol. The molecule has 1 fully saturated rings. The standard InChI is InChI=1S/C11H22N2O/c1-2-3-4-7-13-9-10(5-6-12)8-11(13)14/h10H,2-9,12H2,1H3. The summed E-state index contributed by atoms with van der Waals surface area (Å²) in [6, 6.07) is 0. The highest BCUT2D eigenvalue weighted by Crippen LogP contribution is 2.20. The zero-order valence-corrected chi connectivity index (χ0v) is 9.17. The number of rotatable bonds is 6. The molecule has 1 aliphatic heterocycles. The largest absolute Gasteiger partial charge is 0.342 e. The van der Waals surface area contributed by atoms with Gasteiger partial charge in [0.25, 0.3) is 0 Å². The van der Waals surface area contributed by atoms with Crippen LogP contribution in [0.1, 0.15) is 39.0 Å². The van der Waals surface area contributed by atoms with Gasteiger partial charge in [0.05, 0.1) is 0 Å². The predicted molar refractivity (Wildman–Crippen MR) is 57.9 cm³/mol. The summed E-state index contributed by atoms with van der Waals surface area (Å²) < 4.78 is 0. The second-order valence-corrected chi connectivity index (χ2v) is 4.19. The maximum Gasteiger partial charge on any atom is 0.222 e. The van der Waals surface area contributed by atoms with E-state index < -0.39 is 0 Å². The number of hydrogen-bond donors (Lipinski definition) is 1. The van der Waals surface area contributed by atoms with Crippen LogP contribution in [0.4, 0.5) is 0 Å². The Morgan fingerprint density at radius 2 is 2.29 bits per heavy atom. The fourth-order valence-corrected chi connectivity index (χ4v) is 2.05. The monoisotopic (exact) mass is 198 g/mol. The van der Waals surface area contributed by atoms with Gasteiger partial charge in [0.2, 0.25) is 5.91 Å². The number of nitrogens with zero attached hydrogens (tertiary/aromatic N) is 1. The van der Waals surface area contributed by atoms with Crippen LogP contribution < -0.4 is 5.73 Å². The highest BCUT2D eigenvalue weighted by Gasteiger charge is 2.27. The Morgan fingerprint density at radius 1 is 1.50 bits per heavy atom. The third kappa shape index (κ3) is 3.29. The van der Waals surface area contributed by atoms with E-state index in [0.717, 1.165) is 32.4 Å². The maximum absolute atomic E-state index is 11.5. The number of unbranched alkanes of at least 4 members (excludes halogenated alkanes) is 2. The Labute approximate surface area is 86.6 Å². The maximum atomic E-state index is 11.5. The van der Waals surface area contributed by atoms with Crippen molar-refractivity contribution in [3.8, 4) is 0 Å². The smallest absolute Gasteiger partial charge is 0.222 e. The van der Waals surface area contributed by atoms with Gasteiger partial charge in [-0.3, -0.25) is 4.79 Å². The first-order chi connectivity index (χ1) is 6.77. The van der Waals surface area contributed by atoms with Crippen LogP contribution in [0.3, 0.4) is 0 Å². The second kappa shape index (κ2) is 6.02. The predicted octanol–water partition coefficient (Wildman–Crippen LogP) is 1.37. The van der Waals surface area contributed by atoms with Crippen LogP contribution in [0, 0.1) is 5.92 Å². The molecule has 0 spiro atoms. The van der Waals surface area contributed by atoms with Gasteiger partial charge in [-0.1, -0.05) is 19.8 Å². The molecule has 0 radical (unpaired) electrons. The first-order valence-corrected chi connectivity index (χ1v) is 5.75. The molecular formula is C11H22N2O. The third-order valence-corrected chi connectivity index (χ3v) is 2.90. The molecule has 1 heterocycles. The van der Waals surface area contributed by atoms with E-state index in [1.165, 1.54) is 12.8 Å². The van der Waals surface area contributed by atoms with Gasteiger partial charge in [0.15, 0.2) is 0 Å². The minimum atomic E-state index is 0.333. The Kier molecular flexibility index (Phi) is 4.94. The molecule has 1 rings (SSSR count). The minimum absolute atomic E-state index is 0.333. The Morgan fingerprint density at radius 3 is 2.93 bits per heavy atom. The van der Waals surface area contributed by atoms with Crippen molar-refractivity contribution in [2.45, 2.75) is 39.0 Å². The van der Waals surface area contributed by atoms with Crippen molar-refractivity contribution in [1.82, 2.24) is 4.90 Å². The van der Waals surface area contributed by atoms with Crippen molar-refractivity contribution in [3.63, 3.8) is 0 Å². The summed E-state index contributed by atoms with van der Waals surface area (Å²) in [5.74, 6) is 0.855. The number of carbonyl (C=O) groups is 1. The second-order valence-electron chi connectivity index (χ2n) is 4.19. The summed E-state index contributed by atoms with van der Waals surface area (Å²) >= 11 is 0. The van der Waals surface area contributed by atoms with Gasteiger partial charge in [0.1, 0.15) is 0 Å². The molecule has 1 unspecified atom stereocenters. The lowest BCUT2D eigenvalue weighted by atomic mass is 10.1. The number of amides is 1. The zero-order valence-electron chi connectivity index (χ0n) is 9.17. The number of likely N-dealkylation sites (tertiary alicyclic amines) is 1. The summed E-state index contributed by atoms with van der Waals surface area (Å²) in [5.41, 5.74) is 5.49. The van der Waals surface area contributed by atoms with E-state index in [2.05, 4.69) is 6.92 Å². The molecule has 1 amide bonds. The van der Waals surface area contributed by atoms with Crippen molar-refractivity contribution in [2.24, 2.45) is 11.7 Å². The lowest BCUT2D eigenvalue weighted by molar-refractivity contribution is -0.127. The van der Waals surface area contributed by atoms with Crippen LogP contribution in [0.15, 0.2) is 0 Å². The molecule has 14 heavy (non-hydrogen) atoms. The molecule has 1 saturated heterocycles. The van der Waals surface area contributed by atoms with Gasteiger partial charge in [0, 0.05) is 19.5 Å². The van der Waals surface area contributed by atoms with Crippen molar-refractivity contribution in [3.05, 3.63) is 0 Å². The van der Waals surface area contributed by atoms with Crippen LogP contribution in [0.2, 0.25) is 0 Å². The van der Waals surface area contributed by atoms with Gasteiger partial charge in [-0.05, 0) is 25.3 Å². The normalized spacial score (nSPS) is 22.0. The summed E-state index contributed by atoms with van der Waals surface area (Å²) in [7, 11) is 0. The molecule has 3 heteroatoms. The minimum Gasteiger partial charge on any atom is -0.342 e. The molecule has 0 aromatic rings. The highest BCUT2D eigenvalue weighted by molar-refractivity contribution is 5.78. The van der Waals surface area contributed by atoms with Crippen LogP contribution in [-0.4, -0.2) is 30.4 Å². The van der Waals surface area contributed by atoms with Crippen molar-refractivity contribution < 1.29 is 4.79 Å². The molecule has 1 aliphatic rings. The average molecular weight is 198 g/mol. The molecule has 0 aromatic carbocycles. The van der Waals surface area contributed by atoms with Gasteiger partial charge >= 0.3 is 0 Å². The van der Waals surface area contributed by atoms with E-state index in [9.17, 15) is 4.79 Å². The summed E-state index contributed by atoms with van der Waals surface area (Å²) in [6.45, 7) is 4.79. The lowest BCUT2D eigenvalue weighted by Gasteiger charge is -2.15. The molecule has 0 aliphatic carbocycles. The summed E-state index contributed by atoms with van der Waals surface area (Å²) in [4.78, 5) is 13.5. The van der Waals surface area contributed by atoms with E-state index in [1.807, 2.05) is 4.90 Å². The van der Waals surface area contributed by atoms with Crippen LogP contribution in [-0.2, 0) is 4.79 Å². The van der Waals surface area contributed by atoms with Crippen molar-refractivity contribution >= 4 is 5.91 Å². The number of nitrogens with two attached hydrogens (primary N) is 1. The number of carbonyl (C=O) groups excluding carboxylic acids is 1. The zero-order chi connectivity index (χ0) is 10.4. The highest BCUT2D eigenvalue weighted by atomic mass is 16.2. The van der Waals surface area contributed by atoms with Gasteiger partial charge in [-0.2, -0.15) is 0 Å². The van der Waals surface area contributed by atoms with Gasteiger partial charge in [-0.15, -0.1) is 0 Å². The molecule has 3 nitrogen and oxygen atoms in total. The fourth-order valence-electron chi connectivity index (χ4n) is 2.05. The molecule has 0 bridgehead atoms. The van der Waals surface area contributed by atoms with Gasteiger partial charge < -0.3 is 10.6 Å². The lowest BCUT2D eigenvalue weighted by Crippen LogP contribution is -2.26. The molecule has 82 valence electrons. The summed E-state index contributed by atoms with van der Waals surface area (Å²) in [5, 5.41) is 0. The molecule has 0 aromatic heterocycles. The van der Waals surface area contributed by atoms with E-state index in [0.29, 0.717) is 18.4 Å². The Bertz CT molecular complexity index is 182. The van der Waals surface area contributed by atoms with Crippen molar-refractivity contribution in [2.75, 3.05) is 19.6 Å². The number of hydrogen-bond acceptors (Lipinski definition) is 2. The van der Waals surface area contributed by atoms with E-state index in [-0.39, 0.29) is 0 Å². The third-order valence-electron chi connectivity index (χ3n) is 2.90. The topological polar surface area (TPSA) is 46.3 Å². The first-order valence-electron chi connectivity index (χ1n) is 5.75. The van der Waals surface area contributed by atoms with Crippen molar-refractivity contribution in [1.29, 1.82) is 0 Å². The SMILES string of the molecule is CCCCCN1CC(CCN)CC1=O. The van der Waals surface area contributed by atoms with Crippen LogP contribution in [0.5, 0.6) is 0 Å². The van der Waals surface area contributed by atoms with E-state index in [1.54, 1.807) is 0 Å². The van der Waals surface area contributed by atoms with Crippen LogP contribution >= 0.6 is 0 Å². The van der Waals surface area contributed by atoms with Crippen LogP contribution in [0.25, 0.3) is 0 Å². The molecule has 0 saturated carbocycles. The van der Waals surface area contributed by atoms with Gasteiger partial charge in [-0.25, -0.2) is 0 Å². The Balaban J connectivity index is 2.22. The quantitative estimate of drug-likeness (QED) is 0.655. The van der Waals surface area contributed by atoms with E-state index >= 15 is 0 Å². The molecule has 2 N–H and O–H groups in total. The summed E-state index contributed by atoms with van der Waals surface area (Å²) in [6.07, 6.45) is 5.32. The first kappa shape index (κ1) is 11.5.